The van der Waals surface area contributed by atoms with Gasteiger partial charge in [0, 0.05) is 24.5 Å². The minimum atomic E-state index is -0.963. The van der Waals surface area contributed by atoms with Gasteiger partial charge in [0.25, 0.3) is 0 Å². The molecule has 2 aliphatic heterocycles. The average molecular weight is 433 g/mol. The average Bonchev–Trinajstić information content (AvgIpc) is 3.28. The maximum Gasteiger partial charge on any atom is 0.326 e. The van der Waals surface area contributed by atoms with Crippen molar-refractivity contribution in [2.45, 2.75) is 75.1 Å². The van der Waals surface area contributed by atoms with Gasteiger partial charge in [0.1, 0.15) is 12.1 Å². The highest BCUT2D eigenvalue weighted by Gasteiger charge is 2.52. The lowest BCUT2D eigenvalue weighted by Crippen LogP contribution is -2.53. The van der Waals surface area contributed by atoms with Crippen LogP contribution in [0.25, 0.3) is 0 Å². The number of thioether (sulfide) groups is 2. The van der Waals surface area contributed by atoms with Crippen LogP contribution in [0.4, 0.5) is 0 Å². The molecule has 1 amide bonds. The predicted octanol–water partition coefficient (Wildman–Crippen LogP) is 2.34. The first-order valence-electron chi connectivity index (χ1n) is 10.1. The third-order valence-corrected chi connectivity index (χ3v) is 8.59. The molecular weight excluding hydrogens is 400 g/mol. The third kappa shape index (κ3) is 5.79. The smallest absolute Gasteiger partial charge is 0.326 e. The highest BCUT2D eigenvalue weighted by Crippen LogP contribution is 2.51. The van der Waals surface area contributed by atoms with Crippen LogP contribution in [-0.2, 0) is 19.1 Å². The number of carboxylic acids is 1. The van der Waals surface area contributed by atoms with Gasteiger partial charge in [-0.3, -0.25) is 14.9 Å². The zero-order valence-electron chi connectivity index (χ0n) is 16.9. The Labute approximate surface area is 175 Å². The number of hydrogen-bond acceptors (Lipinski definition) is 7. The van der Waals surface area contributed by atoms with Crippen LogP contribution < -0.4 is 5.32 Å². The van der Waals surface area contributed by atoms with Crippen LogP contribution in [0.1, 0.15) is 52.9 Å². The molecule has 28 heavy (non-hydrogen) atoms. The molecule has 1 unspecified atom stereocenters. The molecule has 9 heteroatoms. The molecule has 2 heterocycles. The quantitative estimate of drug-likeness (QED) is 0.401. The van der Waals surface area contributed by atoms with E-state index >= 15 is 0 Å². The molecule has 0 aromatic rings. The number of carboxylic acid groups (broad SMARTS) is 1. The monoisotopic (exact) mass is 432 g/mol. The van der Waals surface area contributed by atoms with Crippen molar-refractivity contribution in [3.63, 3.8) is 0 Å². The van der Waals surface area contributed by atoms with Crippen LogP contribution in [0, 0.1) is 0 Å². The van der Waals surface area contributed by atoms with E-state index in [4.69, 9.17) is 4.74 Å². The molecule has 160 valence electrons. The summed E-state index contributed by atoms with van der Waals surface area (Å²) < 4.78 is 4.94. The summed E-state index contributed by atoms with van der Waals surface area (Å²) in [7, 11) is 0. The summed E-state index contributed by atoms with van der Waals surface area (Å²) in [6, 6.07) is -2.01. The van der Waals surface area contributed by atoms with Gasteiger partial charge in [0.05, 0.1) is 16.7 Å². The SMILES string of the molecule is CCCCC[C@H](N[C@@H](C)C(=O)N1CC2(CC1C(=O)O)SCCS2)C(=O)OCC. The van der Waals surface area contributed by atoms with Gasteiger partial charge in [-0.1, -0.05) is 26.2 Å². The molecule has 1 spiro atoms. The van der Waals surface area contributed by atoms with E-state index < -0.39 is 24.1 Å². The lowest BCUT2D eigenvalue weighted by molar-refractivity contribution is -0.150. The van der Waals surface area contributed by atoms with Crippen molar-refractivity contribution in [2.75, 3.05) is 24.7 Å². The summed E-state index contributed by atoms with van der Waals surface area (Å²) >= 11 is 3.51. The van der Waals surface area contributed by atoms with Crippen molar-refractivity contribution in [1.82, 2.24) is 10.2 Å². The maximum absolute atomic E-state index is 13.1. The molecule has 2 fully saturated rings. The number of esters is 1. The molecule has 2 N–H and O–H groups in total. The van der Waals surface area contributed by atoms with E-state index in [-0.39, 0.29) is 22.6 Å². The molecular formula is C19H32N2O5S2. The molecule has 0 saturated carbocycles. The highest BCUT2D eigenvalue weighted by molar-refractivity contribution is 8.21. The van der Waals surface area contributed by atoms with E-state index in [1.165, 1.54) is 4.90 Å². The Morgan fingerprint density at radius 1 is 1.25 bits per heavy atom. The van der Waals surface area contributed by atoms with E-state index in [9.17, 15) is 19.5 Å². The Balaban J connectivity index is 2.05. The number of unbranched alkanes of at least 4 members (excludes halogenated alkanes) is 2. The molecule has 7 nitrogen and oxygen atoms in total. The molecule has 0 aromatic heterocycles. The molecule has 2 rings (SSSR count). The number of aliphatic carboxylic acids is 1. The number of carbonyl (C=O) groups is 3. The van der Waals surface area contributed by atoms with Crippen LogP contribution in [-0.4, -0.2) is 74.7 Å². The van der Waals surface area contributed by atoms with Crippen molar-refractivity contribution < 1.29 is 24.2 Å². The first kappa shape index (κ1) is 23.3. The fourth-order valence-electron chi connectivity index (χ4n) is 3.73. The Bertz CT molecular complexity index is 569. The van der Waals surface area contributed by atoms with Gasteiger partial charge in [0.15, 0.2) is 0 Å². The molecule has 0 aromatic carbocycles. The van der Waals surface area contributed by atoms with Crippen molar-refractivity contribution >= 4 is 41.4 Å². The van der Waals surface area contributed by atoms with E-state index in [1.807, 2.05) is 0 Å². The molecule has 3 atom stereocenters. The standard InChI is InChI=1S/C19H32N2O5S2/c1-4-6-7-8-14(18(25)26-5-2)20-13(3)16(22)21-12-19(27-9-10-28-19)11-15(21)17(23)24/h13-15,20H,4-12H2,1-3H3,(H,23,24)/t13-,14-,15?/m0/s1. The van der Waals surface area contributed by atoms with Crippen LogP contribution >= 0.6 is 23.5 Å². The van der Waals surface area contributed by atoms with Gasteiger partial charge in [-0.2, -0.15) is 0 Å². The summed E-state index contributed by atoms with van der Waals surface area (Å²) in [5.41, 5.74) is 0. The zero-order chi connectivity index (χ0) is 20.7. The Hall–Kier alpha value is -0.930. The zero-order valence-corrected chi connectivity index (χ0v) is 18.6. The summed E-state index contributed by atoms with van der Waals surface area (Å²) in [5.74, 6) is 0.384. The summed E-state index contributed by atoms with van der Waals surface area (Å²) in [6.45, 7) is 6.27. The Morgan fingerprint density at radius 2 is 1.93 bits per heavy atom. The van der Waals surface area contributed by atoms with Crippen molar-refractivity contribution in [2.24, 2.45) is 0 Å². The summed E-state index contributed by atoms with van der Waals surface area (Å²) in [5, 5.41) is 12.7. The first-order valence-corrected chi connectivity index (χ1v) is 12.0. The van der Waals surface area contributed by atoms with Gasteiger partial charge in [-0.05, 0) is 20.3 Å². The largest absolute Gasteiger partial charge is 0.480 e. The van der Waals surface area contributed by atoms with Gasteiger partial charge in [0.2, 0.25) is 5.91 Å². The Kier molecular flexibility index (Phi) is 8.95. The van der Waals surface area contributed by atoms with E-state index in [1.54, 1.807) is 37.4 Å². The number of hydrogen-bond donors (Lipinski definition) is 2. The minimum absolute atomic E-state index is 0.208. The lowest BCUT2D eigenvalue weighted by Gasteiger charge is -2.28. The second-order valence-electron chi connectivity index (χ2n) is 7.32. The maximum atomic E-state index is 13.1. The predicted molar refractivity (Wildman–Crippen MR) is 113 cm³/mol. The topological polar surface area (TPSA) is 95.9 Å². The van der Waals surface area contributed by atoms with Gasteiger partial charge >= 0.3 is 11.9 Å². The molecule has 2 aliphatic rings. The van der Waals surface area contributed by atoms with Crippen LogP contribution in [0.15, 0.2) is 0 Å². The summed E-state index contributed by atoms with van der Waals surface area (Å²) in [6.07, 6.45) is 3.97. The van der Waals surface area contributed by atoms with E-state index in [2.05, 4.69) is 12.2 Å². The van der Waals surface area contributed by atoms with Gasteiger partial charge < -0.3 is 14.7 Å². The molecule has 0 aliphatic carbocycles. The minimum Gasteiger partial charge on any atom is -0.480 e. The lowest BCUT2D eigenvalue weighted by atomic mass is 10.1. The number of nitrogens with zero attached hydrogens (tertiary/aromatic N) is 1. The molecule has 0 bridgehead atoms. The fourth-order valence-corrected chi connectivity index (χ4v) is 6.99. The van der Waals surface area contributed by atoms with E-state index in [0.29, 0.717) is 19.4 Å². The summed E-state index contributed by atoms with van der Waals surface area (Å²) in [4.78, 5) is 38.6. The van der Waals surface area contributed by atoms with Gasteiger partial charge in [-0.25, -0.2) is 4.79 Å². The van der Waals surface area contributed by atoms with Crippen LogP contribution in [0.3, 0.4) is 0 Å². The number of likely N-dealkylation sites (tertiary alicyclic amines) is 1. The van der Waals surface area contributed by atoms with Crippen molar-refractivity contribution in [1.29, 1.82) is 0 Å². The van der Waals surface area contributed by atoms with Crippen molar-refractivity contribution in [3.8, 4) is 0 Å². The third-order valence-electron chi connectivity index (χ3n) is 5.16. The van der Waals surface area contributed by atoms with Crippen molar-refractivity contribution in [3.05, 3.63) is 0 Å². The van der Waals surface area contributed by atoms with E-state index in [0.717, 1.165) is 30.8 Å². The van der Waals surface area contributed by atoms with Crippen LogP contribution in [0.2, 0.25) is 0 Å². The number of carbonyl (C=O) groups excluding carboxylic acids is 2. The second-order valence-corrected chi connectivity index (χ2v) is 10.5. The number of rotatable bonds is 10. The number of amides is 1. The number of nitrogens with one attached hydrogen (secondary N) is 1. The number of ether oxygens (including phenoxy) is 1. The normalized spacial score (nSPS) is 23.0. The van der Waals surface area contributed by atoms with Gasteiger partial charge in [-0.15, -0.1) is 23.5 Å². The molecule has 0 radical (unpaired) electrons. The second kappa shape index (κ2) is 10.7. The molecule has 2 saturated heterocycles. The first-order chi connectivity index (χ1) is 13.3. The highest BCUT2D eigenvalue weighted by atomic mass is 32.2. The fraction of sp³-hybridized carbons (Fsp3) is 0.842. The Morgan fingerprint density at radius 3 is 2.50 bits per heavy atom. The van der Waals surface area contributed by atoms with Crippen LogP contribution in [0.5, 0.6) is 0 Å².